The van der Waals surface area contributed by atoms with Crippen molar-refractivity contribution < 1.29 is 0 Å². The fourth-order valence-electron chi connectivity index (χ4n) is 1.90. The molecule has 0 saturated carbocycles. The predicted octanol–water partition coefficient (Wildman–Crippen LogP) is 4.44. The molecule has 0 radical (unpaired) electrons. The number of nitrogens with one attached hydrogen (secondary N) is 1. The second-order valence-corrected chi connectivity index (χ2v) is 5.11. The third-order valence-electron chi connectivity index (χ3n) is 2.81. The van der Waals surface area contributed by atoms with Gasteiger partial charge in [-0.15, -0.1) is 13.2 Å². The third kappa shape index (κ3) is 13.6. The Morgan fingerprint density at radius 1 is 1.25 bits per heavy atom. The van der Waals surface area contributed by atoms with Gasteiger partial charge in [0.15, 0.2) is 0 Å². The summed E-state index contributed by atoms with van der Waals surface area (Å²) in [5.74, 6) is 0.722. The van der Waals surface area contributed by atoms with Crippen LogP contribution in [0.1, 0.15) is 53.4 Å². The van der Waals surface area contributed by atoms with E-state index >= 15 is 0 Å². The largest absolute Gasteiger partial charge is 0.327 e. The average Bonchev–Trinajstić information content (AvgIpc) is 2.49. The molecular weight excluding hydrogens is 244 g/mol. The molecule has 0 amide bonds. The van der Waals surface area contributed by atoms with Crippen LogP contribution >= 0.6 is 0 Å². The van der Waals surface area contributed by atoms with Gasteiger partial charge >= 0.3 is 0 Å². The van der Waals surface area contributed by atoms with Crippen LogP contribution in [-0.2, 0) is 0 Å². The van der Waals surface area contributed by atoms with Crippen LogP contribution in [0.2, 0.25) is 0 Å². The summed E-state index contributed by atoms with van der Waals surface area (Å²) < 4.78 is 0. The lowest BCUT2D eigenvalue weighted by Gasteiger charge is -2.15. The maximum absolute atomic E-state index is 6.11. The first-order valence-electron chi connectivity index (χ1n) is 8.00. The second-order valence-electron chi connectivity index (χ2n) is 5.11. The van der Waals surface area contributed by atoms with E-state index in [4.69, 9.17) is 5.73 Å². The summed E-state index contributed by atoms with van der Waals surface area (Å²) >= 11 is 0. The van der Waals surface area contributed by atoms with Crippen molar-refractivity contribution in [2.75, 3.05) is 13.1 Å². The van der Waals surface area contributed by atoms with Gasteiger partial charge in [-0.2, -0.15) is 0 Å². The fraction of sp³-hybridized carbons (Fsp3) is 0.667. The van der Waals surface area contributed by atoms with Gasteiger partial charge in [0.1, 0.15) is 0 Å². The Morgan fingerprint density at radius 3 is 2.40 bits per heavy atom. The Balaban J connectivity index is 0. The van der Waals surface area contributed by atoms with Crippen LogP contribution in [0.25, 0.3) is 0 Å². The van der Waals surface area contributed by atoms with Crippen molar-refractivity contribution in [1.29, 1.82) is 0 Å². The van der Waals surface area contributed by atoms with Crippen molar-refractivity contribution in [3.8, 4) is 0 Å². The van der Waals surface area contributed by atoms with Gasteiger partial charge in [0.25, 0.3) is 0 Å². The molecule has 0 spiro atoms. The Kier molecular flexibility index (Phi) is 17.4. The average molecular weight is 280 g/mol. The summed E-state index contributed by atoms with van der Waals surface area (Å²) in [6, 6.07) is 0.300. The topological polar surface area (TPSA) is 38.0 Å². The summed E-state index contributed by atoms with van der Waals surface area (Å²) in [4.78, 5) is 0. The molecule has 0 aromatic heterocycles. The first-order valence-corrected chi connectivity index (χ1v) is 8.00. The van der Waals surface area contributed by atoms with Crippen molar-refractivity contribution in [3.63, 3.8) is 0 Å². The van der Waals surface area contributed by atoms with E-state index in [1.807, 2.05) is 13.8 Å². The van der Waals surface area contributed by atoms with E-state index in [1.54, 1.807) is 0 Å². The molecule has 0 aromatic carbocycles. The number of nitrogens with two attached hydrogens (primary N) is 1. The quantitative estimate of drug-likeness (QED) is 0.534. The molecule has 0 aliphatic heterocycles. The zero-order valence-corrected chi connectivity index (χ0v) is 14.1. The predicted molar refractivity (Wildman–Crippen MR) is 94.0 cm³/mol. The lowest BCUT2D eigenvalue weighted by molar-refractivity contribution is 0.511. The monoisotopic (exact) mass is 280 g/mol. The van der Waals surface area contributed by atoms with Gasteiger partial charge in [0.2, 0.25) is 0 Å². The minimum absolute atomic E-state index is 0.300. The SMILES string of the molecule is C=C.CC.CC(C)CNCC[C@@H](N)CC1=CCCC=C1. The minimum atomic E-state index is 0.300. The smallest absolute Gasteiger partial charge is 0.00912 e. The molecule has 0 aromatic rings. The van der Waals surface area contributed by atoms with Crippen LogP contribution in [0.5, 0.6) is 0 Å². The molecule has 1 aliphatic rings. The molecule has 0 heterocycles. The molecular formula is C18H36N2. The van der Waals surface area contributed by atoms with Gasteiger partial charge in [-0.3, -0.25) is 0 Å². The maximum Gasteiger partial charge on any atom is 0.00912 e. The molecule has 0 saturated heterocycles. The summed E-state index contributed by atoms with van der Waals surface area (Å²) in [6.07, 6.45) is 11.3. The Morgan fingerprint density at radius 2 is 1.90 bits per heavy atom. The zero-order chi connectivity index (χ0) is 15.8. The van der Waals surface area contributed by atoms with E-state index in [1.165, 1.54) is 18.4 Å². The van der Waals surface area contributed by atoms with Crippen molar-refractivity contribution >= 4 is 0 Å². The molecule has 2 nitrogen and oxygen atoms in total. The van der Waals surface area contributed by atoms with Crippen molar-refractivity contribution in [2.24, 2.45) is 11.7 Å². The highest BCUT2D eigenvalue weighted by Gasteiger charge is 2.05. The number of hydrogen-bond acceptors (Lipinski definition) is 2. The molecule has 20 heavy (non-hydrogen) atoms. The molecule has 0 fully saturated rings. The fourth-order valence-corrected chi connectivity index (χ4v) is 1.90. The van der Waals surface area contributed by atoms with Crippen molar-refractivity contribution in [2.45, 2.75) is 59.4 Å². The van der Waals surface area contributed by atoms with E-state index in [2.05, 4.69) is 50.6 Å². The second kappa shape index (κ2) is 16.2. The first kappa shape index (κ1) is 21.4. The van der Waals surface area contributed by atoms with Crippen LogP contribution in [0.4, 0.5) is 0 Å². The lowest BCUT2D eigenvalue weighted by atomic mass is 9.99. The lowest BCUT2D eigenvalue weighted by Crippen LogP contribution is -2.28. The van der Waals surface area contributed by atoms with Crippen LogP contribution in [0, 0.1) is 5.92 Å². The van der Waals surface area contributed by atoms with Crippen LogP contribution in [0.3, 0.4) is 0 Å². The first-order chi connectivity index (χ1) is 9.68. The van der Waals surface area contributed by atoms with Crippen molar-refractivity contribution in [3.05, 3.63) is 37.0 Å². The number of rotatable bonds is 7. The Bertz CT molecular complexity index is 254. The van der Waals surface area contributed by atoms with Gasteiger partial charge in [-0.1, -0.05) is 51.5 Å². The summed E-state index contributed by atoms with van der Waals surface area (Å²) in [7, 11) is 0. The van der Waals surface area contributed by atoms with E-state index in [0.29, 0.717) is 6.04 Å². The summed E-state index contributed by atoms with van der Waals surface area (Å²) in [6.45, 7) is 16.6. The van der Waals surface area contributed by atoms with Crippen LogP contribution in [-0.4, -0.2) is 19.1 Å². The van der Waals surface area contributed by atoms with Gasteiger partial charge < -0.3 is 11.1 Å². The third-order valence-corrected chi connectivity index (χ3v) is 2.81. The summed E-state index contributed by atoms with van der Waals surface area (Å²) in [5.41, 5.74) is 7.53. The van der Waals surface area contributed by atoms with Gasteiger partial charge in [-0.25, -0.2) is 0 Å². The highest BCUT2D eigenvalue weighted by Crippen LogP contribution is 2.15. The van der Waals surface area contributed by atoms with Crippen LogP contribution < -0.4 is 11.1 Å². The number of hydrogen-bond donors (Lipinski definition) is 2. The molecule has 3 N–H and O–H groups in total. The minimum Gasteiger partial charge on any atom is -0.327 e. The van der Waals surface area contributed by atoms with E-state index in [0.717, 1.165) is 31.8 Å². The molecule has 1 rings (SSSR count). The zero-order valence-electron chi connectivity index (χ0n) is 14.1. The van der Waals surface area contributed by atoms with Crippen LogP contribution in [0.15, 0.2) is 37.0 Å². The van der Waals surface area contributed by atoms with E-state index in [9.17, 15) is 0 Å². The normalized spacial score (nSPS) is 14.6. The highest BCUT2D eigenvalue weighted by molar-refractivity contribution is 5.22. The van der Waals surface area contributed by atoms with Gasteiger partial charge in [-0.05, 0) is 44.7 Å². The standard InChI is InChI=1S/C14H26N2.C2H6.C2H4/c1-12(2)11-16-9-8-14(15)10-13-6-4-3-5-7-13;2*1-2/h4,6-7,12,14,16H,3,5,8-11,15H2,1-2H3;1-2H3;1-2H2/t14-;;/m1../s1. The Hall–Kier alpha value is -0.860. The Labute approximate surface area is 127 Å². The van der Waals surface area contributed by atoms with Gasteiger partial charge in [0.05, 0.1) is 0 Å². The molecule has 1 aliphatic carbocycles. The van der Waals surface area contributed by atoms with E-state index in [-0.39, 0.29) is 0 Å². The van der Waals surface area contributed by atoms with E-state index < -0.39 is 0 Å². The number of allylic oxidation sites excluding steroid dienone is 3. The van der Waals surface area contributed by atoms with Gasteiger partial charge in [0, 0.05) is 6.04 Å². The molecule has 2 heteroatoms. The maximum atomic E-state index is 6.11. The molecule has 0 bridgehead atoms. The summed E-state index contributed by atoms with van der Waals surface area (Å²) in [5, 5.41) is 3.44. The molecule has 1 atom stereocenters. The molecule has 0 unspecified atom stereocenters. The molecule has 118 valence electrons. The highest BCUT2D eigenvalue weighted by atomic mass is 14.9. The van der Waals surface area contributed by atoms with Crippen molar-refractivity contribution in [1.82, 2.24) is 5.32 Å².